The molecule has 2 aromatic heterocycles. The van der Waals surface area contributed by atoms with Crippen molar-refractivity contribution >= 4 is 21.7 Å². The van der Waals surface area contributed by atoms with Crippen molar-refractivity contribution in [1.82, 2.24) is 19.5 Å². The van der Waals surface area contributed by atoms with Crippen LogP contribution in [-0.2, 0) is 27.6 Å². The molecule has 1 fully saturated rings. The van der Waals surface area contributed by atoms with Gasteiger partial charge < -0.3 is 10.1 Å². The second-order valence-electron chi connectivity index (χ2n) is 8.23. The summed E-state index contributed by atoms with van der Waals surface area (Å²) in [7, 11) is -4.18. The van der Waals surface area contributed by atoms with Gasteiger partial charge in [-0.2, -0.15) is 18.8 Å². The smallest absolute Gasteiger partial charge is 0.333 e. The molecule has 0 radical (unpaired) electrons. The number of ether oxygens (including phenoxy) is 1. The molecule has 2 aliphatic rings. The number of aromatic nitrogens is 3. The molecular weight excluding hydrogens is 456 g/mol. The monoisotopic (exact) mass is 478 g/mol. The van der Waals surface area contributed by atoms with Crippen molar-refractivity contribution in [3.63, 3.8) is 0 Å². The van der Waals surface area contributed by atoms with Gasteiger partial charge in [0.25, 0.3) is 10.0 Å². The molecule has 2 amide bonds. The predicted octanol–water partition coefficient (Wildman–Crippen LogP) is 2.78. The molecular formula is C23H22N6O4S. The van der Waals surface area contributed by atoms with Gasteiger partial charge in [-0.1, -0.05) is 12.1 Å². The van der Waals surface area contributed by atoms with Crippen LogP contribution in [0.25, 0.3) is 11.1 Å². The van der Waals surface area contributed by atoms with Gasteiger partial charge in [-0.3, -0.25) is 4.68 Å². The standard InChI is InChI=1S/C23H22N6O4S/c24-13-17-12-16(6-9-25-17)20-5-4-15-2-1-3-19(15)22(20)26-23(30)28-34(31,32)21-7-10-29(27-21)18-8-11-33-14-18/h4-7,9-10,12,18H,1-3,8,11,14H2,(H2,26,28,30). The number of carbonyl (C=O) groups excluding carboxylic acids is 1. The third-order valence-corrected chi connectivity index (χ3v) is 7.30. The Balaban J connectivity index is 1.41. The first-order valence-corrected chi connectivity index (χ1v) is 12.4. The van der Waals surface area contributed by atoms with Crippen molar-refractivity contribution in [1.29, 1.82) is 5.26 Å². The van der Waals surface area contributed by atoms with Gasteiger partial charge in [0.1, 0.15) is 11.8 Å². The third kappa shape index (κ3) is 4.25. The number of sulfonamides is 1. The van der Waals surface area contributed by atoms with Crippen LogP contribution < -0.4 is 10.0 Å². The summed E-state index contributed by atoms with van der Waals surface area (Å²) in [6.07, 6.45) is 6.43. The van der Waals surface area contributed by atoms with Gasteiger partial charge in [0.2, 0.25) is 0 Å². The highest BCUT2D eigenvalue weighted by atomic mass is 32.2. The number of nitrogens with one attached hydrogen (secondary N) is 2. The zero-order valence-corrected chi connectivity index (χ0v) is 19.0. The van der Waals surface area contributed by atoms with Crippen molar-refractivity contribution in [2.24, 2.45) is 0 Å². The van der Waals surface area contributed by atoms with E-state index in [1.807, 2.05) is 18.2 Å². The number of aryl methyl sites for hydroxylation is 1. The molecule has 10 nitrogen and oxygen atoms in total. The maximum absolute atomic E-state index is 12.9. The highest BCUT2D eigenvalue weighted by molar-refractivity contribution is 7.90. The summed E-state index contributed by atoms with van der Waals surface area (Å²) in [5.41, 5.74) is 4.25. The molecule has 34 heavy (non-hydrogen) atoms. The SMILES string of the molecule is N#Cc1cc(-c2ccc3c(c2NC(=O)NS(=O)(=O)c2ccn(C4CCOC4)n2)CCC3)ccn1. The highest BCUT2D eigenvalue weighted by Crippen LogP contribution is 2.37. The number of nitrogens with zero attached hydrogens (tertiary/aromatic N) is 4. The number of carbonyl (C=O) groups is 1. The molecule has 1 unspecified atom stereocenters. The third-order valence-electron chi connectivity index (χ3n) is 6.07. The molecule has 1 aliphatic heterocycles. The van der Waals surface area contributed by atoms with Gasteiger partial charge in [-0.05, 0) is 60.6 Å². The van der Waals surface area contributed by atoms with Crippen molar-refractivity contribution in [3.05, 3.63) is 59.5 Å². The minimum atomic E-state index is -4.18. The van der Waals surface area contributed by atoms with E-state index in [0.717, 1.165) is 36.8 Å². The van der Waals surface area contributed by atoms with Crippen molar-refractivity contribution < 1.29 is 17.9 Å². The summed E-state index contributed by atoms with van der Waals surface area (Å²) in [6, 6.07) is 9.73. The summed E-state index contributed by atoms with van der Waals surface area (Å²) in [6.45, 7) is 1.07. The average molecular weight is 479 g/mol. The summed E-state index contributed by atoms with van der Waals surface area (Å²) >= 11 is 0. The topological polar surface area (TPSA) is 139 Å². The number of anilines is 1. The molecule has 2 N–H and O–H groups in total. The lowest BCUT2D eigenvalue weighted by atomic mass is 9.97. The number of rotatable bonds is 5. The Hall–Kier alpha value is -3.75. The first kappa shape index (κ1) is 22.1. The maximum Gasteiger partial charge on any atom is 0.333 e. The second kappa shape index (κ2) is 8.89. The van der Waals surface area contributed by atoms with Crippen molar-refractivity contribution in [2.45, 2.75) is 36.8 Å². The normalized spacial score (nSPS) is 17.2. The highest BCUT2D eigenvalue weighted by Gasteiger charge is 2.26. The lowest BCUT2D eigenvalue weighted by molar-refractivity contribution is 0.184. The van der Waals surface area contributed by atoms with Gasteiger partial charge in [0.05, 0.1) is 18.3 Å². The van der Waals surface area contributed by atoms with Crippen LogP contribution in [0.2, 0.25) is 0 Å². The fourth-order valence-electron chi connectivity index (χ4n) is 4.42. The van der Waals surface area contributed by atoms with Gasteiger partial charge in [0.15, 0.2) is 5.03 Å². The summed E-state index contributed by atoms with van der Waals surface area (Å²) < 4.78 is 34.6. The van der Waals surface area contributed by atoms with Crippen LogP contribution in [0.15, 0.2) is 47.8 Å². The summed E-state index contributed by atoms with van der Waals surface area (Å²) in [5, 5.41) is 15.9. The fourth-order valence-corrected chi connectivity index (χ4v) is 5.26. The molecule has 174 valence electrons. The number of amides is 2. The van der Waals surface area contributed by atoms with Crippen molar-refractivity contribution in [3.8, 4) is 17.2 Å². The van der Waals surface area contributed by atoms with E-state index in [0.29, 0.717) is 30.0 Å². The maximum atomic E-state index is 12.9. The van der Waals surface area contributed by atoms with Gasteiger partial charge in [0, 0.05) is 24.6 Å². The predicted molar refractivity (Wildman–Crippen MR) is 122 cm³/mol. The quantitative estimate of drug-likeness (QED) is 0.575. The molecule has 3 heterocycles. The Morgan fingerprint density at radius 2 is 2.12 bits per heavy atom. The van der Waals surface area contributed by atoms with E-state index in [-0.39, 0.29) is 16.8 Å². The first-order valence-electron chi connectivity index (χ1n) is 10.9. The molecule has 1 aliphatic carbocycles. The van der Waals surface area contributed by atoms with Crippen LogP contribution >= 0.6 is 0 Å². The van der Waals surface area contributed by atoms with E-state index in [1.165, 1.54) is 12.3 Å². The zero-order valence-electron chi connectivity index (χ0n) is 18.2. The molecule has 1 aromatic carbocycles. The van der Waals surface area contributed by atoms with E-state index in [1.54, 1.807) is 23.0 Å². The van der Waals surface area contributed by atoms with Gasteiger partial charge >= 0.3 is 6.03 Å². The summed E-state index contributed by atoms with van der Waals surface area (Å²) in [4.78, 5) is 16.9. The lowest BCUT2D eigenvalue weighted by Gasteiger charge is -2.16. The molecule has 0 spiro atoms. The Labute approximate surface area is 196 Å². The number of benzene rings is 1. The van der Waals surface area contributed by atoms with E-state index in [2.05, 4.69) is 20.1 Å². The summed E-state index contributed by atoms with van der Waals surface area (Å²) in [5.74, 6) is 0. The average Bonchev–Trinajstić information content (AvgIpc) is 3.60. The molecule has 0 saturated carbocycles. The Morgan fingerprint density at radius 1 is 1.24 bits per heavy atom. The van der Waals surface area contributed by atoms with Crippen LogP contribution in [-0.4, -0.2) is 42.4 Å². The molecule has 11 heteroatoms. The van der Waals surface area contributed by atoms with Gasteiger partial charge in [-0.15, -0.1) is 0 Å². The van der Waals surface area contributed by atoms with Crippen LogP contribution in [0.4, 0.5) is 10.5 Å². The Kier molecular flexibility index (Phi) is 5.77. The van der Waals surface area contributed by atoms with E-state index in [4.69, 9.17) is 4.74 Å². The van der Waals surface area contributed by atoms with E-state index >= 15 is 0 Å². The largest absolute Gasteiger partial charge is 0.379 e. The van der Waals surface area contributed by atoms with E-state index in [9.17, 15) is 18.5 Å². The Morgan fingerprint density at radius 3 is 2.91 bits per heavy atom. The minimum absolute atomic E-state index is 0.0223. The van der Waals surface area contributed by atoms with Crippen LogP contribution in [0.5, 0.6) is 0 Å². The number of pyridine rings is 1. The second-order valence-corrected chi connectivity index (χ2v) is 9.86. The molecule has 0 bridgehead atoms. The van der Waals surface area contributed by atoms with Crippen LogP contribution in [0.1, 0.15) is 35.7 Å². The molecule has 5 rings (SSSR count). The lowest BCUT2D eigenvalue weighted by Crippen LogP contribution is -2.35. The number of urea groups is 1. The molecule has 3 aromatic rings. The minimum Gasteiger partial charge on any atom is -0.379 e. The molecule has 1 atom stereocenters. The van der Waals surface area contributed by atoms with Crippen LogP contribution in [0.3, 0.4) is 0 Å². The number of hydrogen-bond donors (Lipinski definition) is 2. The number of hydrogen-bond acceptors (Lipinski definition) is 7. The fraction of sp³-hybridized carbons (Fsp3) is 0.304. The first-order chi connectivity index (χ1) is 16.4. The van der Waals surface area contributed by atoms with Crippen molar-refractivity contribution in [2.75, 3.05) is 18.5 Å². The van der Waals surface area contributed by atoms with Crippen LogP contribution in [0, 0.1) is 11.3 Å². The van der Waals surface area contributed by atoms with Gasteiger partial charge in [-0.25, -0.2) is 14.5 Å². The number of nitriles is 1. The number of fused-ring (bicyclic) bond motifs is 1. The Bertz CT molecular complexity index is 1400. The zero-order chi connectivity index (χ0) is 23.7. The molecule has 1 saturated heterocycles. The van der Waals surface area contributed by atoms with E-state index < -0.39 is 16.1 Å².